The molecule has 0 amide bonds. The van der Waals surface area contributed by atoms with Gasteiger partial charge in [0.1, 0.15) is 0 Å². The third-order valence-corrected chi connectivity index (χ3v) is 4.65. The van der Waals surface area contributed by atoms with E-state index in [0.29, 0.717) is 0 Å². The fraction of sp³-hybridized carbons (Fsp3) is 0.625. The molecule has 0 aliphatic heterocycles. The van der Waals surface area contributed by atoms with Crippen molar-refractivity contribution in [3.63, 3.8) is 0 Å². The standard InChI is InChI=1S/C16H23Br/c1-16(2,3)14-7-4-12(5-8-14)10-13-6-9-15(17)11-13/h4-5,7-8,13,15H,6,9-11H2,1-3H3. The highest BCUT2D eigenvalue weighted by Crippen LogP contribution is 2.33. The van der Waals surface area contributed by atoms with E-state index in [0.717, 1.165) is 10.7 Å². The molecule has 94 valence electrons. The second kappa shape index (κ2) is 5.14. The lowest BCUT2D eigenvalue weighted by atomic mass is 9.86. The molecule has 2 rings (SSSR count). The summed E-state index contributed by atoms with van der Waals surface area (Å²) in [6.07, 6.45) is 5.34. The summed E-state index contributed by atoms with van der Waals surface area (Å²) in [4.78, 5) is 0.765. The minimum Gasteiger partial charge on any atom is -0.0891 e. The van der Waals surface area contributed by atoms with Gasteiger partial charge >= 0.3 is 0 Å². The summed E-state index contributed by atoms with van der Waals surface area (Å²) in [5.41, 5.74) is 3.21. The van der Waals surface area contributed by atoms with Crippen LogP contribution in [0, 0.1) is 5.92 Å². The van der Waals surface area contributed by atoms with Crippen LogP contribution in [0.5, 0.6) is 0 Å². The van der Waals surface area contributed by atoms with Crippen molar-refractivity contribution in [3.05, 3.63) is 35.4 Å². The molecule has 0 aromatic heterocycles. The Morgan fingerprint density at radius 2 is 1.76 bits per heavy atom. The number of hydrogen-bond donors (Lipinski definition) is 0. The summed E-state index contributed by atoms with van der Waals surface area (Å²) >= 11 is 3.73. The van der Waals surface area contributed by atoms with Gasteiger partial charge in [-0.2, -0.15) is 0 Å². The number of benzene rings is 1. The van der Waals surface area contributed by atoms with Crippen molar-refractivity contribution in [2.24, 2.45) is 5.92 Å². The van der Waals surface area contributed by atoms with Crippen LogP contribution in [0.15, 0.2) is 24.3 Å². The highest BCUT2D eigenvalue weighted by atomic mass is 79.9. The van der Waals surface area contributed by atoms with E-state index >= 15 is 0 Å². The van der Waals surface area contributed by atoms with Crippen LogP contribution >= 0.6 is 15.9 Å². The van der Waals surface area contributed by atoms with Gasteiger partial charge in [0.05, 0.1) is 0 Å². The van der Waals surface area contributed by atoms with Crippen LogP contribution in [0.3, 0.4) is 0 Å². The molecule has 0 spiro atoms. The summed E-state index contributed by atoms with van der Waals surface area (Å²) in [6, 6.07) is 9.25. The van der Waals surface area contributed by atoms with Crippen LogP contribution in [0.25, 0.3) is 0 Å². The quantitative estimate of drug-likeness (QED) is 0.667. The Balaban J connectivity index is 1.99. The smallest absolute Gasteiger partial charge is 0.0148 e. The van der Waals surface area contributed by atoms with Crippen LogP contribution in [0.2, 0.25) is 0 Å². The lowest BCUT2D eigenvalue weighted by Crippen LogP contribution is -2.11. The van der Waals surface area contributed by atoms with Gasteiger partial charge in [-0.3, -0.25) is 0 Å². The molecule has 2 atom stereocenters. The lowest BCUT2D eigenvalue weighted by Gasteiger charge is -2.19. The van der Waals surface area contributed by atoms with Gasteiger partial charge in [0.2, 0.25) is 0 Å². The van der Waals surface area contributed by atoms with Gasteiger partial charge in [-0.05, 0) is 48.1 Å². The number of rotatable bonds is 2. The fourth-order valence-corrected chi connectivity index (χ4v) is 3.47. The Labute approximate surface area is 114 Å². The van der Waals surface area contributed by atoms with E-state index in [2.05, 4.69) is 61.0 Å². The van der Waals surface area contributed by atoms with Crippen LogP contribution in [0.1, 0.15) is 51.2 Å². The first-order valence-corrected chi connectivity index (χ1v) is 7.60. The zero-order chi connectivity index (χ0) is 12.5. The predicted molar refractivity (Wildman–Crippen MR) is 78.9 cm³/mol. The molecule has 0 heterocycles. The van der Waals surface area contributed by atoms with Crippen LogP contribution in [-0.4, -0.2) is 4.83 Å². The Bertz CT molecular complexity index is 358. The van der Waals surface area contributed by atoms with Crippen molar-refractivity contribution >= 4 is 15.9 Å². The van der Waals surface area contributed by atoms with Gasteiger partial charge in [-0.1, -0.05) is 61.0 Å². The van der Waals surface area contributed by atoms with Gasteiger partial charge < -0.3 is 0 Å². The summed E-state index contributed by atoms with van der Waals surface area (Å²) < 4.78 is 0. The Kier molecular flexibility index (Phi) is 3.97. The minimum atomic E-state index is 0.271. The normalized spacial score (nSPS) is 25.2. The molecule has 2 unspecified atom stereocenters. The highest BCUT2D eigenvalue weighted by Gasteiger charge is 2.22. The monoisotopic (exact) mass is 294 g/mol. The van der Waals surface area contributed by atoms with Gasteiger partial charge in [0.25, 0.3) is 0 Å². The average molecular weight is 295 g/mol. The summed E-state index contributed by atoms with van der Waals surface area (Å²) in [6.45, 7) is 6.82. The Morgan fingerprint density at radius 1 is 1.12 bits per heavy atom. The number of alkyl halides is 1. The maximum atomic E-state index is 3.73. The molecular formula is C16H23Br. The molecule has 1 fully saturated rings. The zero-order valence-electron chi connectivity index (χ0n) is 11.2. The van der Waals surface area contributed by atoms with E-state index in [1.807, 2.05) is 0 Å². The van der Waals surface area contributed by atoms with Crippen molar-refractivity contribution in [1.82, 2.24) is 0 Å². The molecule has 0 radical (unpaired) electrons. The summed E-state index contributed by atoms with van der Waals surface area (Å²) in [5, 5.41) is 0. The summed E-state index contributed by atoms with van der Waals surface area (Å²) in [5.74, 6) is 0.889. The van der Waals surface area contributed by atoms with Gasteiger partial charge in [0.15, 0.2) is 0 Å². The van der Waals surface area contributed by atoms with Crippen LogP contribution < -0.4 is 0 Å². The van der Waals surface area contributed by atoms with Crippen molar-refractivity contribution in [2.75, 3.05) is 0 Å². The molecule has 1 aromatic carbocycles. The maximum Gasteiger partial charge on any atom is 0.0148 e. The number of halogens is 1. The van der Waals surface area contributed by atoms with E-state index in [-0.39, 0.29) is 5.41 Å². The SMILES string of the molecule is CC(C)(C)c1ccc(CC2CCC(Br)C2)cc1. The third kappa shape index (κ3) is 3.58. The molecule has 17 heavy (non-hydrogen) atoms. The largest absolute Gasteiger partial charge is 0.0891 e. The van der Waals surface area contributed by atoms with Crippen molar-refractivity contribution in [1.29, 1.82) is 0 Å². The molecule has 0 saturated heterocycles. The molecule has 0 nitrogen and oxygen atoms in total. The molecule has 0 bridgehead atoms. The van der Waals surface area contributed by atoms with Crippen LogP contribution in [-0.2, 0) is 11.8 Å². The molecular weight excluding hydrogens is 272 g/mol. The van der Waals surface area contributed by atoms with Crippen molar-refractivity contribution in [2.45, 2.75) is 56.7 Å². The second-order valence-corrected chi connectivity index (χ2v) is 7.72. The average Bonchev–Trinajstić information content (AvgIpc) is 2.63. The van der Waals surface area contributed by atoms with E-state index in [4.69, 9.17) is 0 Å². The van der Waals surface area contributed by atoms with E-state index < -0.39 is 0 Å². The van der Waals surface area contributed by atoms with E-state index in [1.54, 1.807) is 0 Å². The van der Waals surface area contributed by atoms with Gasteiger partial charge in [-0.15, -0.1) is 0 Å². The first-order chi connectivity index (χ1) is 7.95. The molecule has 1 saturated carbocycles. The molecule has 0 N–H and O–H groups in total. The third-order valence-electron chi connectivity index (χ3n) is 3.82. The Morgan fingerprint density at radius 3 is 2.24 bits per heavy atom. The van der Waals surface area contributed by atoms with E-state index in [9.17, 15) is 0 Å². The minimum absolute atomic E-state index is 0.271. The molecule has 1 aromatic rings. The lowest BCUT2D eigenvalue weighted by molar-refractivity contribution is 0.547. The van der Waals surface area contributed by atoms with Crippen molar-refractivity contribution < 1.29 is 0 Å². The van der Waals surface area contributed by atoms with Crippen molar-refractivity contribution in [3.8, 4) is 0 Å². The molecule has 1 aliphatic rings. The maximum absolute atomic E-state index is 3.73. The first kappa shape index (κ1) is 13.1. The Hall–Kier alpha value is -0.300. The van der Waals surface area contributed by atoms with Gasteiger partial charge in [0, 0.05) is 4.83 Å². The predicted octanol–water partition coefficient (Wildman–Crippen LogP) is 5.09. The second-order valence-electron chi connectivity index (χ2n) is 6.43. The first-order valence-electron chi connectivity index (χ1n) is 6.68. The number of hydrogen-bond acceptors (Lipinski definition) is 0. The van der Waals surface area contributed by atoms with Crippen LogP contribution in [0.4, 0.5) is 0 Å². The molecule has 1 aliphatic carbocycles. The zero-order valence-corrected chi connectivity index (χ0v) is 12.8. The molecule has 1 heteroatoms. The fourth-order valence-electron chi connectivity index (χ4n) is 2.67. The summed E-state index contributed by atoms with van der Waals surface area (Å²) in [7, 11) is 0. The van der Waals surface area contributed by atoms with Gasteiger partial charge in [-0.25, -0.2) is 0 Å². The highest BCUT2D eigenvalue weighted by molar-refractivity contribution is 9.09. The topological polar surface area (TPSA) is 0 Å². The van der Waals surface area contributed by atoms with E-state index in [1.165, 1.54) is 36.8 Å².